The van der Waals surface area contributed by atoms with Gasteiger partial charge in [0.2, 0.25) is 5.91 Å². The molecule has 0 aliphatic carbocycles. The van der Waals surface area contributed by atoms with Crippen molar-refractivity contribution in [2.24, 2.45) is 0 Å². The van der Waals surface area contributed by atoms with Crippen LogP contribution in [-0.4, -0.2) is 50.8 Å². The zero-order valence-electron chi connectivity index (χ0n) is 14.9. The van der Waals surface area contributed by atoms with E-state index in [2.05, 4.69) is 20.7 Å². The Balaban J connectivity index is 1.69. The third kappa shape index (κ3) is 2.96. The number of carbonyl (C=O) groups excluding carboxylic acids is 1. The molecule has 1 fully saturated rings. The van der Waals surface area contributed by atoms with Crippen LogP contribution in [0.25, 0.3) is 11.4 Å². The molecular weight excluding hydrogens is 330 g/mol. The molecule has 0 radical (unpaired) electrons. The van der Waals surface area contributed by atoms with Crippen molar-refractivity contribution < 1.29 is 9.53 Å². The van der Waals surface area contributed by atoms with Gasteiger partial charge in [-0.3, -0.25) is 9.48 Å². The molecule has 0 saturated carbocycles. The first-order valence-electron chi connectivity index (χ1n) is 8.57. The number of nitrogens with zero attached hydrogens (tertiary/aromatic N) is 5. The zero-order chi connectivity index (χ0) is 18.1. The van der Waals surface area contributed by atoms with Crippen LogP contribution in [0, 0.1) is 0 Å². The molecule has 7 heteroatoms. The summed E-state index contributed by atoms with van der Waals surface area (Å²) in [6, 6.07) is 8.06. The minimum Gasteiger partial charge on any atom is -0.496 e. The summed E-state index contributed by atoms with van der Waals surface area (Å²) in [4.78, 5) is 18.2. The number of ether oxygens (including phenoxy) is 1. The molecule has 7 nitrogen and oxygen atoms in total. The van der Waals surface area contributed by atoms with Crippen molar-refractivity contribution in [3.63, 3.8) is 0 Å². The number of hydrogen-bond donors (Lipinski definition) is 0. The number of carbonyl (C=O) groups is 1. The highest BCUT2D eigenvalue weighted by molar-refractivity contribution is 5.78. The van der Waals surface area contributed by atoms with Gasteiger partial charge in [0.1, 0.15) is 11.6 Å². The SMILES string of the molecule is COc1ccc(-c2nccn2C2CC(=O)N(C)C2)cc1Cn1cccn1. The summed E-state index contributed by atoms with van der Waals surface area (Å²) in [5.41, 5.74) is 2.03. The van der Waals surface area contributed by atoms with Crippen LogP contribution in [0.2, 0.25) is 0 Å². The molecule has 3 heterocycles. The molecule has 26 heavy (non-hydrogen) atoms. The number of likely N-dealkylation sites (N-methyl/N-ethyl adjacent to an activating group) is 1. The zero-order valence-corrected chi connectivity index (χ0v) is 14.9. The molecule has 134 valence electrons. The number of hydrogen-bond acceptors (Lipinski definition) is 4. The average molecular weight is 351 g/mol. The van der Waals surface area contributed by atoms with Crippen molar-refractivity contribution in [1.29, 1.82) is 0 Å². The quantitative estimate of drug-likeness (QED) is 0.707. The Morgan fingerprint density at radius 3 is 2.85 bits per heavy atom. The Bertz CT molecular complexity index is 916. The molecule has 4 rings (SSSR count). The summed E-state index contributed by atoms with van der Waals surface area (Å²) in [6.07, 6.45) is 7.93. The lowest BCUT2D eigenvalue weighted by atomic mass is 10.1. The second-order valence-corrected chi connectivity index (χ2v) is 6.52. The first-order valence-corrected chi connectivity index (χ1v) is 8.57. The third-order valence-electron chi connectivity index (χ3n) is 4.81. The normalized spacial score (nSPS) is 17.1. The van der Waals surface area contributed by atoms with E-state index in [9.17, 15) is 4.79 Å². The lowest BCUT2D eigenvalue weighted by molar-refractivity contribution is -0.126. The molecule has 1 aromatic carbocycles. The van der Waals surface area contributed by atoms with E-state index in [0.717, 1.165) is 22.7 Å². The standard InChI is InChI=1S/C19H21N5O2/c1-22-13-16(11-18(22)25)24-9-7-20-19(24)14-4-5-17(26-2)15(10-14)12-23-8-3-6-21-23/h3-10,16H,11-13H2,1-2H3. The first-order chi connectivity index (χ1) is 12.7. The molecule has 1 aliphatic heterocycles. The molecule has 1 atom stereocenters. The van der Waals surface area contributed by atoms with Gasteiger partial charge in [-0.2, -0.15) is 5.10 Å². The van der Waals surface area contributed by atoms with Crippen LogP contribution in [-0.2, 0) is 11.3 Å². The molecule has 0 bridgehead atoms. The largest absolute Gasteiger partial charge is 0.496 e. The van der Waals surface area contributed by atoms with E-state index in [1.165, 1.54) is 0 Å². The molecule has 0 spiro atoms. The molecule has 1 unspecified atom stereocenters. The smallest absolute Gasteiger partial charge is 0.224 e. The Hall–Kier alpha value is -3.09. The number of aromatic nitrogens is 4. The fourth-order valence-corrected chi connectivity index (χ4v) is 3.47. The molecule has 1 amide bonds. The van der Waals surface area contributed by atoms with E-state index < -0.39 is 0 Å². The highest BCUT2D eigenvalue weighted by atomic mass is 16.5. The van der Waals surface area contributed by atoms with Crippen LogP contribution in [0.4, 0.5) is 0 Å². The van der Waals surface area contributed by atoms with Crippen molar-refractivity contribution in [1.82, 2.24) is 24.2 Å². The van der Waals surface area contributed by atoms with Crippen LogP contribution in [0.15, 0.2) is 49.1 Å². The molecule has 3 aromatic rings. The van der Waals surface area contributed by atoms with Crippen molar-refractivity contribution >= 4 is 5.91 Å². The van der Waals surface area contributed by atoms with Gasteiger partial charge in [0.25, 0.3) is 0 Å². The summed E-state index contributed by atoms with van der Waals surface area (Å²) in [7, 11) is 3.51. The monoisotopic (exact) mass is 351 g/mol. The van der Waals surface area contributed by atoms with E-state index in [4.69, 9.17) is 4.74 Å². The number of amides is 1. The second-order valence-electron chi connectivity index (χ2n) is 6.52. The van der Waals surface area contributed by atoms with Gasteiger partial charge in [0, 0.05) is 55.9 Å². The number of benzene rings is 1. The maximum Gasteiger partial charge on any atom is 0.224 e. The van der Waals surface area contributed by atoms with E-state index in [-0.39, 0.29) is 11.9 Å². The maximum atomic E-state index is 11.9. The Kier molecular flexibility index (Phi) is 4.20. The lowest BCUT2D eigenvalue weighted by Gasteiger charge is -2.16. The van der Waals surface area contributed by atoms with Crippen molar-refractivity contribution in [2.75, 3.05) is 20.7 Å². The summed E-state index contributed by atoms with van der Waals surface area (Å²) in [5, 5.41) is 4.27. The summed E-state index contributed by atoms with van der Waals surface area (Å²) in [5.74, 6) is 1.85. The van der Waals surface area contributed by atoms with Crippen LogP contribution >= 0.6 is 0 Å². The topological polar surface area (TPSA) is 65.2 Å². The maximum absolute atomic E-state index is 11.9. The predicted octanol–water partition coefficient (Wildman–Crippen LogP) is 2.21. The number of rotatable bonds is 5. The molecule has 1 aliphatic rings. The van der Waals surface area contributed by atoms with Gasteiger partial charge in [-0.1, -0.05) is 0 Å². The Morgan fingerprint density at radius 1 is 1.27 bits per heavy atom. The van der Waals surface area contributed by atoms with Crippen LogP contribution in [0.1, 0.15) is 18.0 Å². The van der Waals surface area contributed by atoms with E-state index in [0.29, 0.717) is 19.5 Å². The highest BCUT2D eigenvalue weighted by Crippen LogP contribution is 2.30. The van der Waals surface area contributed by atoms with Gasteiger partial charge in [0.05, 0.1) is 19.7 Å². The Morgan fingerprint density at radius 2 is 2.15 bits per heavy atom. The first kappa shape index (κ1) is 16.4. The van der Waals surface area contributed by atoms with Gasteiger partial charge in [-0.05, 0) is 24.3 Å². The minimum atomic E-state index is 0.113. The Labute approximate surface area is 151 Å². The molecule has 2 aromatic heterocycles. The third-order valence-corrected chi connectivity index (χ3v) is 4.81. The van der Waals surface area contributed by atoms with Crippen molar-refractivity contribution in [3.05, 3.63) is 54.6 Å². The second kappa shape index (κ2) is 6.67. The molecule has 0 N–H and O–H groups in total. The summed E-state index contributed by atoms with van der Waals surface area (Å²) < 4.78 is 9.46. The van der Waals surface area contributed by atoms with Crippen LogP contribution in [0.3, 0.4) is 0 Å². The fourth-order valence-electron chi connectivity index (χ4n) is 3.47. The highest BCUT2D eigenvalue weighted by Gasteiger charge is 2.29. The van der Waals surface area contributed by atoms with E-state index in [1.54, 1.807) is 24.4 Å². The summed E-state index contributed by atoms with van der Waals surface area (Å²) in [6.45, 7) is 1.33. The van der Waals surface area contributed by atoms with E-state index >= 15 is 0 Å². The number of likely N-dealkylation sites (tertiary alicyclic amines) is 1. The van der Waals surface area contributed by atoms with Gasteiger partial charge in [0.15, 0.2) is 0 Å². The molecular formula is C19H21N5O2. The predicted molar refractivity (Wildman–Crippen MR) is 96.8 cm³/mol. The van der Waals surface area contributed by atoms with Crippen LogP contribution < -0.4 is 4.74 Å². The van der Waals surface area contributed by atoms with Gasteiger partial charge >= 0.3 is 0 Å². The van der Waals surface area contributed by atoms with Crippen LogP contribution in [0.5, 0.6) is 5.75 Å². The van der Waals surface area contributed by atoms with Gasteiger partial charge in [-0.15, -0.1) is 0 Å². The number of methoxy groups -OCH3 is 1. The number of imidazole rings is 1. The fraction of sp³-hybridized carbons (Fsp3) is 0.316. The van der Waals surface area contributed by atoms with Crippen molar-refractivity contribution in [3.8, 4) is 17.1 Å². The van der Waals surface area contributed by atoms with E-state index in [1.807, 2.05) is 42.3 Å². The lowest BCUT2D eigenvalue weighted by Crippen LogP contribution is -2.19. The van der Waals surface area contributed by atoms with Gasteiger partial charge in [-0.25, -0.2) is 4.98 Å². The van der Waals surface area contributed by atoms with Crippen molar-refractivity contribution in [2.45, 2.75) is 19.0 Å². The average Bonchev–Trinajstić information content (AvgIpc) is 3.37. The molecule has 1 saturated heterocycles. The van der Waals surface area contributed by atoms with Gasteiger partial charge < -0.3 is 14.2 Å². The summed E-state index contributed by atoms with van der Waals surface area (Å²) >= 11 is 0. The minimum absolute atomic E-state index is 0.113.